The van der Waals surface area contributed by atoms with Crippen LogP contribution in [0, 0.1) is 0 Å². The summed E-state index contributed by atoms with van der Waals surface area (Å²) in [7, 11) is -3.87. The van der Waals surface area contributed by atoms with Gasteiger partial charge in [0.2, 0.25) is 0 Å². The molecule has 10 heteroatoms. The van der Waals surface area contributed by atoms with Crippen molar-refractivity contribution in [3.8, 4) is 0 Å². The van der Waals surface area contributed by atoms with Crippen LogP contribution in [-0.4, -0.2) is 41.7 Å². The Kier molecular flexibility index (Phi) is 12.5. The lowest BCUT2D eigenvalue weighted by atomic mass is 10.2. The van der Waals surface area contributed by atoms with Gasteiger partial charge >= 0.3 is 19.8 Å². The molecule has 1 unspecified atom stereocenters. The highest BCUT2D eigenvalue weighted by molar-refractivity contribution is 7.52. The standard InChI is InChI=1S/C21H26NO6P.CO2/c1-17(22-21(24)27-16-19-10-6-3-7-11-19)20(23)13-15-29(25,26)28-14-12-18-8-4-2-5-9-18;2-1-3/h2-11,17H,12-16H2,1H3,(H,22,24)(H,25,26);/t17-;/m1./s1. The molecular weight excluding hydrogens is 437 g/mol. The molecule has 2 rings (SSSR count). The van der Waals surface area contributed by atoms with Crippen LogP contribution in [0.25, 0.3) is 0 Å². The van der Waals surface area contributed by atoms with Crippen molar-refractivity contribution >= 4 is 25.6 Å². The largest absolute Gasteiger partial charge is 0.445 e. The third kappa shape index (κ3) is 11.9. The van der Waals surface area contributed by atoms with Crippen LogP contribution in [-0.2, 0) is 41.2 Å². The lowest BCUT2D eigenvalue weighted by molar-refractivity contribution is -0.191. The van der Waals surface area contributed by atoms with E-state index in [1.165, 1.54) is 6.92 Å². The van der Waals surface area contributed by atoms with Crippen molar-refractivity contribution in [3.63, 3.8) is 0 Å². The van der Waals surface area contributed by atoms with Gasteiger partial charge < -0.3 is 19.5 Å². The molecule has 0 aliphatic rings. The van der Waals surface area contributed by atoms with Gasteiger partial charge in [-0.1, -0.05) is 60.7 Å². The molecular formula is C22H26NO8P. The van der Waals surface area contributed by atoms with E-state index in [9.17, 15) is 19.0 Å². The van der Waals surface area contributed by atoms with Crippen molar-refractivity contribution in [1.82, 2.24) is 5.32 Å². The van der Waals surface area contributed by atoms with Crippen molar-refractivity contribution < 1.29 is 37.9 Å². The molecule has 2 atom stereocenters. The van der Waals surface area contributed by atoms with E-state index in [1.54, 1.807) is 0 Å². The number of rotatable bonds is 11. The molecule has 0 aromatic heterocycles. The van der Waals surface area contributed by atoms with Crippen LogP contribution >= 0.6 is 7.60 Å². The number of carbonyl (C=O) groups is 2. The lowest BCUT2D eigenvalue weighted by Crippen LogP contribution is -2.39. The van der Waals surface area contributed by atoms with Crippen LogP contribution in [0.3, 0.4) is 0 Å². The van der Waals surface area contributed by atoms with Gasteiger partial charge in [-0.3, -0.25) is 9.36 Å². The van der Waals surface area contributed by atoms with Crippen molar-refractivity contribution in [1.29, 1.82) is 0 Å². The van der Waals surface area contributed by atoms with Gasteiger partial charge in [0.25, 0.3) is 0 Å². The number of alkyl carbamates (subject to hydrolysis) is 1. The second-order valence-corrected chi connectivity index (χ2v) is 8.64. The van der Waals surface area contributed by atoms with Crippen LogP contribution in [0.5, 0.6) is 0 Å². The topological polar surface area (TPSA) is 136 Å². The van der Waals surface area contributed by atoms with Gasteiger partial charge in [-0.2, -0.15) is 9.59 Å². The Morgan fingerprint density at radius 3 is 2.12 bits per heavy atom. The minimum atomic E-state index is -3.87. The summed E-state index contributed by atoms with van der Waals surface area (Å²) in [5.41, 5.74) is 1.82. The van der Waals surface area contributed by atoms with Gasteiger partial charge in [0.05, 0.1) is 18.8 Å². The van der Waals surface area contributed by atoms with E-state index in [0.717, 1.165) is 11.1 Å². The first-order chi connectivity index (χ1) is 15.3. The van der Waals surface area contributed by atoms with Crippen LogP contribution in [0.1, 0.15) is 24.5 Å². The molecule has 0 aliphatic heterocycles. The van der Waals surface area contributed by atoms with E-state index < -0.39 is 19.7 Å². The van der Waals surface area contributed by atoms with Crippen molar-refractivity contribution in [2.24, 2.45) is 0 Å². The smallest absolute Gasteiger partial charge is 0.408 e. The SMILES string of the molecule is C[C@@H](NC(=O)OCc1ccccc1)C(=O)CCP(=O)(O)OCCc1ccccc1.O=C=O. The molecule has 0 saturated carbocycles. The molecule has 0 saturated heterocycles. The zero-order chi connectivity index (χ0) is 23.8. The minimum Gasteiger partial charge on any atom is -0.445 e. The van der Waals surface area contributed by atoms with Crippen molar-refractivity contribution in [3.05, 3.63) is 71.8 Å². The number of amides is 1. The molecule has 0 radical (unpaired) electrons. The molecule has 0 fully saturated rings. The van der Waals surface area contributed by atoms with Crippen molar-refractivity contribution in [2.45, 2.75) is 32.4 Å². The maximum atomic E-state index is 12.1. The second kappa shape index (κ2) is 14.8. The highest BCUT2D eigenvalue weighted by atomic mass is 31.2. The van der Waals surface area contributed by atoms with Gasteiger partial charge in [-0.15, -0.1) is 0 Å². The fourth-order valence-corrected chi connectivity index (χ4v) is 3.51. The number of Topliss-reactive ketones (excluding diaryl/α,β-unsaturated/α-hetero) is 1. The Morgan fingerprint density at radius 1 is 1.03 bits per heavy atom. The number of ether oxygens (including phenoxy) is 1. The van der Waals surface area contributed by atoms with E-state index >= 15 is 0 Å². The van der Waals surface area contributed by atoms with Crippen LogP contribution < -0.4 is 5.32 Å². The van der Waals surface area contributed by atoms with E-state index in [1.807, 2.05) is 60.7 Å². The molecule has 2 aromatic carbocycles. The summed E-state index contributed by atoms with van der Waals surface area (Å²) in [4.78, 5) is 50.1. The first kappa shape index (κ1) is 26.9. The van der Waals surface area contributed by atoms with Crippen LogP contribution in [0.2, 0.25) is 0 Å². The Balaban J connectivity index is 0.00000161. The Labute approximate surface area is 186 Å². The van der Waals surface area contributed by atoms with E-state index in [2.05, 4.69) is 5.32 Å². The average molecular weight is 463 g/mol. The number of nitrogens with one attached hydrogen (secondary N) is 1. The molecule has 0 spiro atoms. The third-order valence-corrected chi connectivity index (χ3v) is 5.57. The predicted molar refractivity (Wildman–Crippen MR) is 115 cm³/mol. The summed E-state index contributed by atoms with van der Waals surface area (Å²) in [6.45, 7) is 1.69. The van der Waals surface area contributed by atoms with E-state index in [4.69, 9.17) is 18.8 Å². The average Bonchev–Trinajstić information content (AvgIpc) is 2.78. The number of carbonyl (C=O) groups excluding carboxylic acids is 4. The fourth-order valence-electron chi connectivity index (χ4n) is 2.51. The number of hydrogen-bond acceptors (Lipinski definition) is 7. The molecule has 2 aromatic rings. The summed E-state index contributed by atoms with van der Waals surface area (Å²) >= 11 is 0. The molecule has 0 bridgehead atoms. The molecule has 0 aliphatic carbocycles. The minimum absolute atomic E-state index is 0.0889. The van der Waals surface area contributed by atoms with Crippen LogP contribution in [0.15, 0.2) is 60.7 Å². The summed E-state index contributed by atoms with van der Waals surface area (Å²) in [6, 6.07) is 17.8. The zero-order valence-electron chi connectivity index (χ0n) is 17.6. The van der Waals surface area contributed by atoms with Crippen LogP contribution in [0.4, 0.5) is 4.79 Å². The van der Waals surface area contributed by atoms with Crippen molar-refractivity contribution in [2.75, 3.05) is 12.8 Å². The van der Waals surface area contributed by atoms with Gasteiger partial charge in [-0.05, 0) is 24.5 Å². The van der Waals surface area contributed by atoms with Gasteiger partial charge in [0, 0.05) is 6.42 Å². The molecule has 9 nitrogen and oxygen atoms in total. The van der Waals surface area contributed by atoms with Gasteiger partial charge in [0.15, 0.2) is 5.78 Å². The Hall–Kier alpha value is -3.09. The maximum absolute atomic E-state index is 12.1. The summed E-state index contributed by atoms with van der Waals surface area (Å²) in [6.07, 6.45) is -0.448. The monoisotopic (exact) mass is 463 g/mol. The number of ketones is 1. The number of benzene rings is 2. The normalized spacial score (nSPS) is 12.8. The predicted octanol–water partition coefficient (Wildman–Crippen LogP) is 3.12. The molecule has 32 heavy (non-hydrogen) atoms. The van der Waals surface area contributed by atoms with Gasteiger partial charge in [-0.25, -0.2) is 4.79 Å². The Bertz CT molecular complexity index is 914. The number of hydrogen-bond donors (Lipinski definition) is 2. The fraction of sp³-hybridized carbons (Fsp3) is 0.318. The maximum Gasteiger partial charge on any atom is 0.408 e. The van der Waals surface area contributed by atoms with Gasteiger partial charge in [0.1, 0.15) is 6.61 Å². The highest BCUT2D eigenvalue weighted by Crippen LogP contribution is 2.42. The molecule has 0 heterocycles. The van der Waals surface area contributed by atoms with E-state index in [0.29, 0.717) is 6.42 Å². The van der Waals surface area contributed by atoms with E-state index in [-0.39, 0.29) is 37.7 Å². The highest BCUT2D eigenvalue weighted by Gasteiger charge is 2.24. The second-order valence-electron chi connectivity index (χ2n) is 6.66. The first-order valence-corrected chi connectivity index (χ1v) is 11.5. The third-order valence-electron chi connectivity index (χ3n) is 4.20. The first-order valence-electron chi connectivity index (χ1n) is 9.77. The molecule has 172 valence electrons. The summed E-state index contributed by atoms with van der Waals surface area (Å²) < 4.78 is 22.2. The molecule has 2 N–H and O–H groups in total. The zero-order valence-corrected chi connectivity index (χ0v) is 18.5. The summed E-state index contributed by atoms with van der Waals surface area (Å²) in [5, 5.41) is 2.43. The molecule has 1 amide bonds. The Morgan fingerprint density at radius 2 is 1.56 bits per heavy atom. The lowest BCUT2D eigenvalue weighted by Gasteiger charge is -2.15. The quantitative estimate of drug-likeness (QED) is 0.485. The summed E-state index contributed by atoms with van der Waals surface area (Å²) in [5.74, 6) is -0.373.